The molecule has 0 atom stereocenters. The van der Waals surface area contributed by atoms with Gasteiger partial charge in [-0.05, 0) is 42.8 Å². The summed E-state index contributed by atoms with van der Waals surface area (Å²) in [7, 11) is 1.28. The minimum atomic E-state index is -3.81. The van der Waals surface area contributed by atoms with Crippen LogP contribution < -0.4 is 4.74 Å². The second kappa shape index (κ2) is 9.03. The predicted octanol–water partition coefficient (Wildman–Crippen LogP) is 5.36. The standard InChI is InChI=1S/C22H23NO4/c1-3-4-5-14-26-19-12-10-17(11-13-19)21-15-20(23-27-21)16-6-8-18(9-7-16)22(24)25-2/h6-13,15H,3-5,14H2,1-2H3/i1D3,3D2,4D2,5D2,14D2. The Morgan fingerprint density at radius 2 is 1.85 bits per heavy atom. The van der Waals surface area contributed by atoms with E-state index >= 15 is 0 Å². The largest absolute Gasteiger partial charge is 0.494 e. The Morgan fingerprint density at radius 1 is 1.11 bits per heavy atom. The molecule has 1 heterocycles. The van der Waals surface area contributed by atoms with Crippen LogP contribution in [0.2, 0.25) is 0 Å². The molecule has 0 N–H and O–H groups in total. The van der Waals surface area contributed by atoms with Gasteiger partial charge in [0, 0.05) is 29.5 Å². The van der Waals surface area contributed by atoms with Crippen molar-refractivity contribution in [2.24, 2.45) is 0 Å². The average molecular weight is 376 g/mol. The van der Waals surface area contributed by atoms with Crippen LogP contribution >= 0.6 is 0 Å². The first-order chi connectivity index (χ1) is 17.4. The lowest BCUT2D eigenvalue weighted by Gasteiger charge is -2.05. The number of nitrogens with zero attached hydrogens (tertiary/aromatic N) is 1. The third-order valence-electron chi connectivity index (χ3n) is 3.60. The summed E-state index contributed by atoms with van der Waals surface area (Å²) in [5, 5.41) is 3.99. The SMILES string of the molecule is [2H]C([2H])([2H])C([2H])([2H])C([2H])([2H])C([2H])([2H])C([2H])([2H])Oc1ccc(-c2cc(-c3ccc(C(=O)OC)cc3)no2)cc1. The zero-order valence-corrected chi connectivity index (χ0v) is 14.3. The maximum atomic E-state index is 11.6. The Kier molecular flexibility index (Phi) is 3.08. The molecule has 0 unspecified atom stereocenters. The highest BCUT2D eigenvalue weighted by molar-refractivity contribution is 5.89. The molecule has 0 bridgehead atoms. The number of hydrogen-bond donors (Lipinski definition) is 0. The predicted molar refractivity (Wildman–Crippen MR) is 104 cm³/mol. The number of benzene rings is 2. The summed E-state index contributed by atoms with van der Waals surface area (Å²) in [4.78, 5) is 11.6. The number of ether oxygens (including phenoxy) is 2. The van der Waals surface area contributed by atoms with Gasteiger partial charge in [0.1, 0.15) is 11.4 Å². The summed E-state index contributed by atoms with van der Waals surface area (Å²) in [5.74, 6) is -0.389. The van der Waals surface area contributed by atoms with E-state index in [0.29, 0.717) is 28.1 Å². The highest BCUT2D eigenvalue weighted by atomic mass is 16.5. The van der Waals surface area contributed by atoms with Crippen molar-refractivity contribution in [3.63, 3.8) is 0 Å². The fraction of sp³-hybridized carbons (Fsp3) is 0.273. The van der Waals surface area contributed by atoms with Gasteiger partial charge in [-0.1, -0.05) is 36.9 Å². The molecule has 5 nitrogen and oxygen atoms in total. The van der Waals surface area contributed by atoms with E-state index in [0.717, 1.165) is 0 Å². The van der Waals surface area contributed by atoms with Gasteiger partial charge in [-0.25, -0.2) is 4.79 Å². The molecule has 0 aliphatic heterocycles. The highest BCUT2D eigenvalue weighted by Crippen LogP contribution is 2.27. The summed E-state index contributed by atoms with van der Waals surface area (Å²) in [6, 6.07) is 13.5. The quantitative estimate of drug-likeness (QED) is 0.495. The van der Waals surface area contributed by atoms with Crippen LogP contribution in [0.3, 0.4) is 0 Å². The lowest BCUT2D eigenvalue weighted by atomic mass is 10.1. The number of hydrogen-bond acceptors (Lipinski definition) is 5. The summed E-state index contributed by atoms with van der Waals surface area (Å²) in [5.41, 5.74) is 1.98. The lowest BCUT2D eigenvalue weighted by molar-refractivity contribution is 0.0601. The Balaban J connectivity index is 1.80. The van der Waals surface area contributed by atoms with E-state index in [1.54, 1.807) is 30.3 Å². The van der Waals surface area contributed by atoms with Crippen LogP contribution in [-0.4, -0.2) is 24.8 Å². The molecule has 0 spiro atoms. The monoisotopic (exact) mass is 376 g/mol. The van der Waals surface area contributed by atoms with E-state index in [9.17, 15) is 4.79 Å². The van der Waals surface area contributed by atoms with E-state index in [2.05, 4.69) is 9.89 Å². The van der Waals surface area contributed by atoms with Gasteiger partial charge in [0.15, 0.2) is 5.76 Å². The molecule has 1 aromatic heterocycles. The van der Waals surface area contributed by atoms with Crippen LogP contribution in [0.15, 0.2) is 59.1 Å². The molecule has 2 aromatic carbocycles. The maximum Gasteiger partial charge on any atom is 0.337 e. The molecule has 5 heteroatoms. The van der Waals surface area contributed by atoms with E-state index in [-0.39, 0.29) is 5.75 Å². The molecule has 0 fully saturated rings. The molecular formula is C22H23NO4. The van der Waals surface area contributed by atoms with Crippen LogP contribution in [0.4, 0.5) is 0 Å². The van der Waals surface area contributed by atoms with Crippen molar-refractivity contribution in [2.45, 2.75) is 26.0 Å². The first-order valence-corrected chi connectivity index (χ1v) is 7.81. The van der Waals surface area contributed by atoms with Crippen LogP contribution in [0.5, 0.6) is 5.75 Å². The number of rotatable bonds is 8. The number of esters is 1. The van der Waals surface area contributed by atoms with Gasteiger partial charge in [0.25, 0.3) is 0 Å². The van der Waals surface area contributed by atoms with Crippen LogP contribution in [-0.2, 0) is 4.74 Å². The molecular weight excluding hydrogens is 342 g/mol. The third kappa shape index (κ3) is 4.76. The van der Waals surface area contributed by atoms with Crippen LogP contribution in [0.1, 0.15) is 51.4 Å². The van der Waals surface area contributed by atoms with E-state index in [1.807, 2.05) is 0 Å². The molecule has 3 aromatic rings. The lowest BCUT2D eigenvalue weighted by Crippen LogP contribution is -2.00. The van der Waals surface area contributed by atoms with Gasteiger partial charge in [0.2, 0.25) is 0 Å². The van der Waals surface area contributed by atoms with Crippen molar-refractivity contribution >= 4 is 5.97 Å². The van der Waals surface area contributed by atoms with E-state index in [1.165, 1.54) is 31.4 Å². The molecule has 27 heavy (non-hydrogen) atoms. The van der Waals surface area contributed by atoms with Crippen molar-refractivity contribution in [1.29, 1.82) is 0 Å². The number of carbonyl (C=O) groups excluding carboxylic acids is 1. The summed E-state index contributed by atoms with van der Waals surface area (Å²) >= 11 is 0. The Morgan fingerprint density at radius 3 is 2.56 bits per heavy atom. The molecule has 0 saturated heterocycles. The van der Waals surface area contributed by atoms with Gasteiger partial charge in [-0.2, -0.15) is 0 Å². The molecule has 140 valence electrons. The Hall–Kier alpha value is -3.08. The first kappa shape index (κ1) is 9.22. The van der Waals surface area contributed by atoms with Crippen molar-refractivity contribution in [2.75, 3.05) is 13.7 Å². The third-order valence-corrected chi connectivity index (χ3v) is 3.60. The van der Waals surface area contributed by atoms with Gasteiger partial charge in [0.05, 0.1) is 22.0 Å². The van der Waals surface area contributed by atoms with Crippen LogP contribution in [0.25, 0.3) is 22.6 Å². The molecule has 3 rings (SSSR count). The second-order valence-corrected chi connectivity index (χ2v) is 5.25. The average Bonchev–Trinajstić information content (AvgIpc) is 3.33. The smallest absolute Gasteiger partial charge is 0.337 e. The zero-order chi connectivity index (χ0) is 28.7. The zero-order valence-electron chi connectivity index (χ0n) is 25.3. The van der Waals surface area contributed by atoms with Gasteiger partial charge in [-0.15, -0.1) is 0 Å². The molecule has 0 saturated carbocycles. The first-order valence-electron chi connectivity index (χ1n) is 13.3. The summed E-state index contributed by atoms with van der Waals surface area (Å²) < 4.78 is 99.8. The normalized spacial score (nSPS) is 19.2. The Labute approximate surface area is 174 Å². The summed E-state index contributed by atoms with van der Waals surface area (Å²) in [6.07, 6.45) is -11.3. The minimum absolute atomic E-state index is 0.231. The van der Waals surface area contributed by atoms with Crippen molar-refractivity contribution in [1.82, 2.24) is 5.16 Å². The highest BCUT2D eigenvalue weighted by Gasteiger charge is 2.10. The summed E-state index contributed by atoms with van der Waals surface area (Å²) in [6.45, 7) is -7.03. The van der Waals surface area contributed by atoms with Gasteiger partial charge < -0.3 is 14.0 Å². The van der Waals surface area contributed by atoms with Crippen molar-refractivity contribution < 1.29 is 33.9 Å². The molecule has 0 radical (unpaired) electrons. The van der Waals surface area contributed by atoms with Gasteiger partial charge >= 0.3 is 5.97 Å². The molecule has 0 amide bonds. The fourth-order valence-electron chi connectivity index (χ4n) is 2.27. The van der Waals surface area contributed by atoms with Crippen LogP contribution in [0, 0.1) is 0 Å². The van der Waals surface area contributed by atoms with E-state index < -0.39 is 38.5 Å². The van der Waals surface area contributed by atoms with Crippen molar-refractivity contribution in [3.8, 4) is 28.3 Å². The maximum absolute atomic E-state index is 11.6. The Bertz CT molecular complexity index is 1280. The number of carbonyl (C=O) groups is 1. The number of aromatic nitrogens is 1. The molecule has 0 aliphatic carbocycles. The molecule has 0 aliphatic rings. The fourth-order valence-corrected chi connectivity index (χ4v) is 2.27. The second-order valence-electron chi connectivity index (χ2n) is 5.25. The minimum Gasteiger partial charge on any atom is -0.494 e. The van der Waals surface area contributed by atoms with Gasteiger partial charge in [-0.3, -0.25) is 0 Å². The topological polar surface area (TPSA) is 61.6 Å². The van der Waals surface area contributed by atoms with E-state index in [4.69, 9.17) is 24.3 Å². The number of methoxy groups -OCH3 is 1. The van der Waals surface area contributed by atoms with Crippen molar-refractivity contribution in [3.05, 3.63) is 60.2 Å².